The fraction of sp³-hybridized carbons (Fsp3) is 0.583. The van der Waals surface area contributed by atoms with Crippen molar-refractivity contribution in [1.82, 2.24) is 19.5 Å². The SMILES string of the molecule is O[C@H](Cn1cnc2c(N3CCCC3)ncnc21)C(F)(F)F. The van der Waals surface area contributed by atoms with E-state index in [4.69, 9.17) is 0 Å². The highest BCUT2D eigenvalue weighted by atomic mass is 19.4. The van der Waals surface area contributed by atoms with Crippen molar-refractivity contribution in [2.75, 3.05) is 18.0 Å². The average molecular weight is 301 g/mol. The van der Waals surface area contributed by atoms with Crippen LogP contribution < -0.4 is 4.90 Å². The summed E-state index contributed by atoms with van der Waals surface area (Å²) in [5, 5.41) is 9.17. The molecule has 1 aliphatic rings. The van der Waals surface area contributed by atoms with Gasteiger partial charge in [-0.25, -0.2) is 15.0 Å². The molecule has 0 bridgehead atoms. The number of alkyl halides is 3. The van der Waals surface area contributed by atoms with Gasteiger partial charge in [0.15, 0.2) is 23.1 Å². The fourth-order valence-electron chi connectivity index (χ4n) is 2.45. The monoisotopic (exact) mass is 301 g/mol. The number of hydrogen-bond acceptors (Lipinski definition) is 5. The zero-order valence-corrected chi connectivity index (χ0v) is 11.1. The molecule has 6 nitrogen and oxygen atoms in total. The van der Waals surface area contributed by atoms with Crippen LogP contribution in [0, 0.1) is 0 Å². The minimum atomic E-state index is -4.67. The predicted molar refractivity (Wildman–Crippen MR) is 68.8 cm³/mol. The summed E-state index contributed by atoms with van der Waals surface area (Å²) in [6, 6.07) is 0. The van der Waals surface area contributed by atoms with Crippen LogP contribution in [0.4, 0.5) is 19.0 Å². The molecular formula is C12H14F3N5O. The number of rotatable bonds is 3. The lowest BCUT2D eigenvalue weighted by Crippen LogP contribution is -2.32. The highest BCUT2D eigenvalue weighted by molar-refractivity contribution is 5.83. The van der Waals surface area contributed by atoms with Crippen molar-refractivity contribution in [2.45, 2.75) is 31.7 Å². The van der Waals surface area contributed by atoms with Crippen LogP contribution in [-0.2, 0) is 6.54 Å². The fourth-order valence-corrected chi connectivity index (χ4v) is 2.45. The summed E-state index contributed by atoms with van der Waals surface area (Å²) in [4.78, 5) is 14.3. The molecule has 0 amide bonds. The molecule has 1 fully saturated rings. The van der Waals surface area contributed by atoms with E-state index >= 15 is 0 Å². The number of imidazole rings is 1. The second-order valence-corrected chi connectivity index (χ2v) is 5.02. The van der Waals surface area contributed by atoms with Crippen molar-refractivity contribution in [1.29, 1.82) is 0 Å². The van der Waals surface area contributed by atoms with Crippen LogP contribution in [-0.4, -0.2) is 50.0 Å². The van der Waals surface area contributed by atoms with Gasteiger partial charge in [-0.1, -0.05) is 0 Å². The molecule has 1 aliphatic heterocycles. The number of nitrogens with zero attached hydrogens (tertiary/aromatic N) is 5. The molecule has 114 valence electrons. The number of halogens is 3. The zero-order valence-electron chi connectivity index (χ0n) is 11.1. The van der Waals surface area contributed by atoms with E-state index in [1.54, 1.807) is 0 Å². The van der Waals surface area contributed by atoms with E-state index in [-0.39, 0.29) is 0 Å². The molecule has 1 N–H and O–H groups in total. The van der Waals surface area contributed by atoms with E-state index in [0.29, 0.717) is 17.0 Å². The van der Waals surface area contributed by atoms with Crippen molar-refractivity contribution >= 4 is 17.0 Å². The summed E-state index contributed by atoms with van der Waals surface area (Å²) in [5.74, 6) is 0.637. The molecule has 0 spiro atoms. The minimum absolute atomic E-state index is 0.301. The van der Waals surface area contributed by atoms with Gasteiger partial charge >= 0.3 is 6.18 Å². The zero-order chi connectivity index (χ0) is 15.0. The Morgan fingerprint density at radius 1 is 1.19 bits per heavy atom. The lowest BCUT2D eigenvalue weighted by atomic mass is 10.3. The second kappa shape index (κ2) is 5.14. The third-order valence-electron chi connectivity index (χ3n) is 3.53. The number of hydrogen-bond donors (Lipinski definition) is 1. The molecule has 0 unspecified atom stereocenters. The third-order valence-corrected chi connectivity index (χ3v) is 3.53. The smallest absolute Gasteiger partial charge is 0.382 e. The summed E-state index contributed by atoms with van der Waals surface area (Å²) in [6.45, 7) is 1.07. The Morgan fingerprint density at radius 3 is 2.57 bits per heavy atom. The van der Waals surface area contributed by atoms with Gasteiger partial charge in [-0.15, -0.1) is 0 Å². The van der Waals surface area contributed by atoms with E-state index in [2.05, 4.69) is 15.0 Å². The Balaban J connectivity index is 1.93. The van der Waals surface area contributed by atoms with Crippen LogP contribution >= 0.6 is 0 Å². The first-order valence-electron chi connectivity index (χ1n) is 6.62. The highest BCUT2D eigenvalue weighted by Crippen LogP contribution is 2.26. The van der Waals surface area contributed by atoms with Gasteiger partial charge in [0.25, 0.3) is 0 Å². The van der Waals surface area contributed by atoms with Gasteiger partial charge in [-0.2, -0.15) is 13.2 Å². The van der Waals surface area contributed by atoms with E-state index in [1.807, 2.05) is 4.90 Å². The minimum Gasteiger partial charge on any atom is -0.382 e. The summed E-state index contributed by atoms with van der Waals surface area (Å²) < 4.78 is 38.5. The van der Waals surface area contributed by atoms with Crippen LogP contribution in [0.1, 0.15) is 12.8 Å². The number of aromatic nitrogens is 4. The van der Waals surface area contributed by atoms with Crippen LogP contribution in [0.15, 0.2) is 12.7 Å². The number of fused-ring (bicyclic) bond motifs is 1. The van der Waals surface area contributed by atoms with Gasteiger partial charge in [0, 0.05) is 13.1 Å². The van der Waals surface area contributed by atoms with Gasteiger partial charge in [0.1, 0.15) is 6.33 Å². The second-order valence-electron chi connectivity index (χ2n) is 5.02. The normalized spacial score (nSPS) is 17.6. The van der Waals surface area contributed by atoms with Crippen molar-refractivity contribution in [2.24, 2.45) is 0 Å². The van der Waals surface area contributed by atoms with Gasteiger partial charge in [0.2, 0.25) is 0 Å². The lowest BCUT2D eigenvalue weighted by Gasteiger charge is -2.17. The maximum Gasteiger partial charge on any atom is 0.416 e. The van der Waals surface area contributed by atoms with E-state index in [1.165, 1.54) is 17.2 Å². The molecule has 2 aromatic rings. The van der Waals surface area contributed by atoms with Crippen molar-refractivity contribution in [3.05, 3.63) is 12.7 Å². The topological polar surface area (TPSA) is 67.1 Å². The van der Waals surface area contributed by atoms with E-state index in [9.17, 15) is 18.3 Å². The Bertz CT molecular complexity index is 635. The molecule has 0 radical (unpaired) electrons. The molecule has 21 heavy (non-hydrogen) atoms. The third kappa shape index (κ3) is 2.65. The van der Waals surface area contributed by atoms with Crippen molar-refractivity contribution in [3.8, 4) is 0 Å². The van der Waals surface area contributed by atoms with E-state index in [0.717, 1.165) is 25.9 Å². The Labute approximate surface area is 118 Å². The first-order chi connectivity index (χ1) is 9.97. The molecule has 9 heteroatoms. The largest absolute Gasteiger partial charge is 0.416 e. The first kappa shape index (κ1) is 14.1. The Kier molecular flexibility index (Phi) is 3.44. The number of anilines is 1. The van der Waals surface area contributed by atoms with Gasteiger partial charge in [-0.05, 0) is 12.8 Å². The Morgan fingerprint density at radius 2 is 1.90 bits per heavy atom. The number of aliphatic hydroxyl groups excluding tert-OH is 1. The maximum absolute atomic E-state index is 12.4. The summed E-state index contributed by atoms with van der Waals surface area (Å²) >= 11 is 0. The molecule has 0 aromatic carbocycles. The standard InChI is InChI=1S/C12H14F3N5O/c13-12(14,15)8(21)5-20-7-18-9-10(16-6-17-11(9)20)19-3-1-2-4-19/h6-8,21H,1-5H2/t8-/m1/s1. The van der Waals surface area contributed by atoms with Crippen LogP contribution in [0.2, 0.25) is 0 Å². The van der Waals surface area contributed by atoms with Crippen LogP contribution in [0.5, 0.6) is 0 Å². The quantitative estimate of drug-likeness (QED) is 0.927. The Hall–Kier alpha value is -1.90. The molecule has 2 aromatic heterocycles. The van der Waals surface area contributed by atoms with E-state index < -0.39 is 18.8 Å². The number of aliphatic hydroxyl groups is 1. The summed E-state index contributed by atoms with van der Waals surface area (Å²) in [6.07, 6.45) is -2.43. The van der Waals surface area contributed by atoms with Crippen molar-refractivity contribution < 1.29 is 18.3 Å². The highest BCUT2D eigenvalue weighted by Gasteiger charge is 2.38. The van der Waals surface area contributed by atoms with Gasteiger partial charge < -0.3 is 14.6 Å². The predicted octanol–water partition coefficient (Wildman–Crippen LogP) is 1.35. The molecule has 0 saturated carbocycles. The molecule has 1 atom stereocenters. The summed E-state index contributed by atoms with van der Waals surface area (Å²) in [5.41, 5.74) is 0.768. The molecule has 3 rings (SSSR count). The van der Waals surface area contributed by atoms with Crippen molar-refractivity contribution in [3.63, 3.8) is 0 Å². The lowest BCUT2D eigenvalue weighted by molar-refractivity contribution is -0.207. The summed E-state index contributed by atoms with van der Waals surface area (Å²) in [7, 11) is 0. The van der Waals surface area contributed by atoms with Crippen LogP contribution in [0.3, 0.4) is 0 Å². The van der Waals surface area contributed by atoms with Gasteiger partial charge in [-0.3, -0.25) is 0 Å². The molecule has 1 saturated heterocycles. The molecule has 3 heterocycles. The average Bonchev–Trinajstić information content (AvgIpc) is 3.07. The first-order valence-corrected chi connectivity index (χ1v) is 6.62. The van der Waals surface area contributed by atoms with Gasteiger partial charge in [0.05, 0.1) is 12.9 Å². The molecular weight excluding hydrogens is 287 g/mol. The van der Waals surface area contributed by atoms with Crippen LogP contribution in [0.25, 0.3) is 11.2 Å². The molecule has 0 aliphatic carbocycles. The maximum atomic E-state index is 12.4.